The minimum atomic E-state index is -0.309. The van der Waals surface area contributed by atoms with Gasteiger partial charge in [-0.05, 0) is 37.6 Å². The molecule has 6 heteroatoms. The van der Waals surface area contributed by atoms with Crippen molar-refractivity contribution in [1.29, 1.82) is 0 Å². The molecule has 1 aromatic heterocycles. The summed E-state index contributed by atoms with van der Waals surface area (Å²) in [7, 11) is 0. The van der Waals surface area contributed by atoms with Crippen LogP contribution in [0.2, 0.25) is 0 Å². The molecule has 0 radical (unpaired) electrons. The number of hydrogen-bond acceptors (Lipinski definition) is 3. The van der Waals surface area contributed by atoms with Crippen molar-refractivity contribution >= 4 is 34.9 Å². The van der Waals surface area contributed by atoms with Gasteiger partial charge in [0.2, 0.25) is 5.91 Å². The van der Waals surface area contributed by atoms with Crippen LogP contribution in [-0.2, 0) is 4.79 Å². The van der Waals surface area contributed by atoms with Gasteiger partial charge in [0.15, 0.2) is 0 Å². The van der Waals surface area contributed by atoms with Crippen LogP contribution >= 0.6 is 12.4 Å². The number of amides is 1. The average molecular weight is 359 g/mol. The Hall–Kier alpha value is -2.37. The van der Waals surface area contributed by atoms with Gasteiger partial charge in [-0.15, -0.1) is 12.4 Å². The van der Waals surface area contributed by atoms with Crippen LogP contribution in [0.5, 0.6) is 0 Å². The Bertz CT molecular complexity index is 845. The van der Waals surface area contributed by atoms with Crippen LogP contribution in [0.1, 0.15) is 37.9 Å². The van der Waals surface area contributed by atoms with Gasteiger partial charge in [0.05, 0.1) is 11.7 Å². The number of aromatic nitrogens is 2. The van der Waals surface area contributed by atoms with Crippen LogP contribution in [0.25, 0.3) is 10.9 Å². The van der Waals surface area contributed by atoms with Gasteiger partial charge in [-0.3, -0.25) is 9.48 Å². The molecule has 0 fully saturated rings. The topological polar surface area (TPSA) is 72.9 Å². The highest BCUT2D eigenvalue weighted by Crippen LogP contribution is 2.22. The molecule has 1 atom stereocenters. The van der Waals surface area contributed by atoms with Gasteiger partial charge in [0, 0.05) is 29.6 Å². The minimum absolute atomic E-state index is 0. The number of benzene rings is 2. The third kappa shape index (κ3) is 4.38. The fourth-order valence-electron chi connectivity index (χ4n) is 2.76. The number of anilines is 1. The molecule has 25 heavy (non-hydrogen) atoms. The lowest BCUT2D eigenvalue weighted by atomic mass is 10.0. The molecule has 2 aromatic carbocycles. The third-order valence-corrected chi connectivity index (χ3v) is 4.00. The summed E-state index contributed by atoms with van der Waals surface area (Å²) in [4.78, 5) is 12.3. The predicted molar refractivity (Wildman–Crippen MR) is 104 cm³/mol. The first-order valence-corrected chi connectivity index (χ1v) is 8.12. The molecule has 1 heterocycles. The van der Waals surface area contributed by atoms with Crippen molar-refractivity contribution in [3.63, 3.8) is 0 Å². The van der Waals surface area contributed by atoms with Crippen LogP contribution in [0.3, 0.4) is 0 Å². The number of hydrogen-bond donors (Lipinski definition) is 2. The molecule has 3 aromatic rings. The molecule has 3 rings (SSSR count). The van der Waals surface area contributed by atoms with E-state index in [9.17, 15) is 4.79 Å². The van der Waals surface area contributed by atoms with Gasteiger partial charge in [-0.2, -0.15) is 5.10 Å². The van der Waals surface area contributed by atoms with E-state index in [2.05, 4.69) is 24.3 Å². The summed E-state index contributed by atoms with van der Waals surface area (Å²) >= 11 is 0. The monoisotopic (exact) mass is 358 g/mol. The average Bonchev–Trinajstić information content (AvgIpc) is 2.99. The van der Waals surface area contributed by atoms with Crippen molar-refractivity contribution in [3.8, 4) is 0 Å². The number of nitrogens with one attached hydrogen (secondary N) is 1. The van der Waals surface area contributed by atoms with Crippen LogP contribution < -0.4 is 11.1 Å². The lowest BCUT2D eigenvalue weighted by molar-refractivity contribution is -0.116. The molecule has 0 saturated heterocycles. The van der Waals surface area contributed by atoms with Crippen molar-refractivity contribution in [2.45, 2.75) is 32.4 Å². The van der Waals surface area contributed by atoms with Crippen molar-refractivity contribution in [1.82, 2.24) is 9.78 Å². The summed E-state index contributed by atoms with van der Waals surface area (Å²) in [6.45, 7) is 4.16. The molecule has 1 unspecified atom stereocenters. The van der Waals surface area contributed by atoms with E-state index in [1.165, 1.54) is 0 Å². The zero-order chi connectivity index (χ0) is 17.1. The minimum Gasteiger partial charge on any atom is -0.326 e. The quantitative estimate of drug-likeness (QED) is 0.722. The Labute approximate surface area is 153 Å². The maximum Gasteiger partial charge on any atom is 0.226 e. The van der Waals surface area contributed by atoms with E-state index in [1.54, 1.807) is 0 Å². The molecule has 0 aliphatic heterocycles. The van der Waals surface area contributed by atoms with Crippen LogP contribution in [0.4, 0.5) is 5.69 Å². The Morgan fingerprint density at radius 1 is 1.20 bits per heavy atom. The normalized spacial score (nSPS) is 12.0. The van der Waals surface area contributed by atoms with E-state index in [0.29, 0.717) is 0 Å². The first kappa shape index (κ1) is 19.0. The lowest BCUT2D eigenvalue weighted by Gasteiger charge is -2.13. The molecular weight excluding hydrogens is 336 g/mol. The summed E-state index contributed by atoms with van der Waals surface area (Å²) in [5.41, 5.74) is 8.84. The first-order valence-electron chi connectivity index (χ1n) is 8.12. The lowest BCUT2D eigenvalue weighted by Crippen LogP contribution is -2.20. The van der Waals surface area contributed by atoms with E-state index in [-0.39, 0.29) is 36.8 Å². The summed E-state index contributed by atoms with van der Waals surface area (Å²) in [5.74, 6) is -0.0960. The Morgan fingerprint density at radius 2 is 1.92 bits per heavy atom. The first-order chi connectivity index (χ1) is 11.5. The highest BCUT2D eigenvalue weighted by atomic mass is 35.5. The Morgan fingerprint density at radius 3 is 2.60 bits per heavy atom. The number of carbonyl (C=O) groups is 1. The fraction of sp³-hybridized carbons (Fsp3) is 0.263. The fourth-order valence-corrected chi connectivity index (χ4v) is 2.76. The van der Waals surface area contributed by atoms with E-state index in [1.807, 2.05) is 59.4 Å². The van der Waals surface area contributed by atoms with Crippen LogP contribution in [0.15, 0.2) is 54.7 Å². The molecule has 0 aliphatic rings. The van der Waals surface area contributed by atoms with E-state index < -0.39 is 0 Å². The highest BCUT2D eigenvalue weighted by Gasteiger charge is 2.13. The van der Waals surface area contributed by atoms with Crippen molar-refractivity contribution < 1.29 is 4.79 Å². The van der Waals surface area contributed by atoms with Gasteiger partial charge in [0.1, 0.15) is 0 Å². The van der Waals surface area contributed by atoms with Crippen molar-refractivity contribution in [3.05, 3.63) is 60.3 Å². The zero-order valence-corrected chi connectivity index (χ0v) is 15.2. The molecule has 0 aliphatic carbocycles. The second-order valence-corrected chi connectivity index (χ2v) is 6.23. The summed E-state index contributed by atoms with van der Waals surface area (Å²) in [5, 5.41) is 8.38. The summed E-state index contributed by atoms with van der Waals surface area (Å²) in [6, 6.07) is 15.4. The smallest absolute Gasteiger partial charge is 0.226 e. The third-order valence-electron chi connectivity index (χ3n) is 4.00. The largest absolute Gasteiger partial charge is 0.326 e. The summed E-state index contributed by atoms with van der Waals surface area (Å²) in [6.07, 6.45) is 2.08. The molecule has 3 N–H and O–H groups in total. The number of carbonyl (C=O) groups excluding carboxylic acids is 1. The van der Waals surface area contributed by atoms with Crippen molar-refractivity contribution in [2.24, 2.45) is 5.73 Å². The Balaban J connectivity index is 0.00000225. The number of nitrogens with zero attached hydrogens (tertiary/aromatic N) is 2. The molecule has 132 valence electrons. The molecule has 0 bridgehead atoms. The maximum atomic E-state index is 12.3. The van der Waals surface area contributed by atoms with Crippen molar-refractivity contribution in [2.75, 3.05) is 5.32 Å². The second-order valence-electron chi connectivity index (χ2n) is 6.23. The van der Waals surface area contributed by atoms with E-state index >= 15 is 0 Å². The molecule has 0 saturated carbocycles. The number of nitrogens with two attached hydrogens (primary N) is 1. The number of fused-ring (bicyclic) bond motifs is 1. The van der Waals surface area contributed by atoms with Gasteiger partial charge in [-0.25, -0.2) is 0 Å². The zero-order valence-electron chi connectivity index (χ0n) is 14.3. The van der Waals surface area contributed by atoms with E-state index in [0.717, 1.165) is 22.2 Å². The maximum absolute atomic E-state index is 12.3. The predicted octanol–water partition coefficient (Wildman–Crippen LogP) is 4.07. The molecule has 0 spiro atoms. The van der Waals surface area contributed by atoms with Crippen LogP contribution in [-0.4, -0.2) is 15.7 Å². The van der Waals surface area contributed by atoms with Gasteiger partial charge in [0.25, 0.3) is 0 Å². The SMILES string of the molecule is CC(C)n1ncc2ccc(NC(=O)CC(N)c3ccccc3)cc21.Cl. The Kier molecular flexibility index (Phi) is 6.17. The van der Waals surface area contributed by atoms with Gasteiger partial charge < -0.3 is 11.1 Å². The molecule has 1 amide bonds. The van der Waals surface area contributed by atoms with Crippen LogP contribution in [0, 0.1) is 0 Å². The number of halogens is 1. The van der Waals surface area contributed by atoms with Gasteiger partial charge >= 0.3 is 0 Å². The molecule has 5 nitrogen and oxygen atoms in total. The second kappa shape index (κ2) is 8.14. The summed E-state index contributed by atoms with van der Waals surface area (Å²) < 4.78 is 1.95. The highest BCUT2D eigenvalue weighted by molar-refractivity contribution is 5.93. The van der Waals surface area contributed by atoms with E-state index in [4.69, 9.17) is 5.73 Å². The van der Waals surface area contributed by atoms with Gasteiger partial charge in [-0.1, -0.05) is 30.3 Å². The molecular formula is C19H23ClN4O. The standard InChI is InChI=1S/C19H22N4O.ClH/c1-13(2)23-18-10-16(9-8-15(18)12-21-23)22-19(24)11-17(20)14-6-4-3-5-7-14;/h3-10,12-13,17H,11,20H2,1-2H3,(H,22,24);1H. The number of rotatable bonds is 5.